The molecule has 0 spiro atoms. The van der Waals surface area contributed by atoms with Gasteiger partial charge in [-0.1, -0.05) is 23.2 Å². The number of nitrogens with zero attached hydrogens (tertiary/aromatic N) is 1. The number of benzene rings is 1. The van der Waals surface area contributed by atoms with E-state index < -0.39 is 11.5 Å². The molecule has 1 fully saturated rings. The Balaban J connectivity index is 2.20. The summed E-state index contributed by atoms with van der Waals surface area (Å²) in [4.78, 5) is 13.2. The Kier molecular flexibility index (Phi) is 4.06. The van der Waals surface area contributed by atoms with Crippen LogP contribution in [0.4, 0.5) is 0 Å². The van der Waals surface area contributed by atoms with Gasteiger partial charge in [0.05, 0.1) is 0 Å². The fourth-order valence-corrected chi connectivity index (χ4v) is 2.86. The highest BCUT2D eigenvalue weighted by Crippen LogP contribution is 2.33. The number of aliphatic carboxylic acids is 1. The van der Waals surface area contributed by atoms with Crippen LogP contribution >= 0.6 is 23.2 Å². The van der Waals surface area contributed by atoms with E-state index in [4.69, 9.17) is 34.0 Å². The molecule has 0 aromatic heterocycles. The van der Waals surface area contributed by atoms with E-state index in [9.17, 15) is 4.79 Å². The third kappa shape index (κ3) is 2.87. The predicted molar refractivity (Wildman–Crippen MR) is 75.6 cm³/mol. The molecule has 0 amide bonds. The van der Waals surface area contributed by atoms with Gasteiger partial charge in [0, 0.05) is 29.2 Å². The van der Waals surface area contributed by atoms with E-state index in [0.717, 1.165) is 5.56 Å². The average molecular weight is 303 g/mol. The lowest BCUT2D eigenvalue weighted by atomic mass is 10.0. The quantitative estimate of drug-likeness (QED) is 0.900. The van der Waals surface area contributed by atoms with Gasteiger partial charge in [0.2, 0.25) is 0 Å². The molecule has 0 saturated carbocycles. The molecule has 2 rings (SSSR count). The summed E-state index contributed by atoms with van der Waals surface area (Å²) < 4.78 is 0. The van der Waals surface area contributed by atoms with Crippen LogP contribution in [-0.4, -0.2) is 34.6 Å². The third-order valence-corrected chi connectivity index (χ3v) is 4.29. The van der Waals surface area contributed by atoms with Gasteiger partial charge in [0.25, 0.3) is 0 Å². The molecular weight excluding hydrogens is 287 g/mol. The molecule has 104 valence electrons. The first-order valence-electron chi connectivity index (χ1n) is 6.05. The predicted octanol–water partition coefficient (Wildman–Crippen LogP) is 2.54. The number of hydrogen-bond acceptors (Lipinski definition) is 3. The maximum atomic E-state index is 11.2. The minimum Gasteiger partial charge on any atom is -0.480 e. The summed E-state index contributed by atoms with van der Waals surface area (Å²) in [7, 11) is 0. The monoisotopic (exact) mass is 302 g/mol. The largest absolute Gasteiger partial charge is 0.480 e. The standard InChI is InChI=1S/C13H16Cl2N2O2/c1-8(10-6-9(14)2-3-11(10)15)17-5-4-13(16,7-17)12(18)19/h2-3,6,8H,4-5,7,16H2,1H3,(H,18,19). The molecular formula is C13H16Cl2N2O2. The smallest absolute Gasteiger partial charge is 0.325 e. The average Bonchev–Trinajstić information content (AvgIpc) is 2.76. The molecule has 19 heavy (non-hydrogen) atoms. The molecule has 1 aliphatic heterocycles. The van der Waals surface area contributed by atoms with E-state index in [1.54, 1.807) is 12.1 Å². The maximum Gasteiger partial charge on any atom is 0.325 e. The van der Waals surface area contributed by atoms with Crippen molar-refractivity contribution in [3.05, 3.63) is 33.8 Å². The Morgan fingerprint density at radius 1 is 1.53 bits per heavy atom. The van der Waals surface area contributed by atoms with E-state index in [2.05, 4.69) is 0 Å². The lowest BCUT2D eigenvalue weighted by Gasteiger charge is -2.27. The lowest BCUT2D eigenvalue weighted by Crippen LogP contribution is -2.50. The first-order valence-corrected chi connectivity index (χ1v) is 6.80. The summed E-state index contributed by atoms with van der Waals surface area (Å²) in [5.41, 5.74) is 5.60. The first kappa shape index (κ1) is 14.6. The van der Waals surface area contributed by atoms with Crippen molar-refractivity contribution in [2.24, 2.45) is 5.73 Å². The summed E-state index contributed by atoms with van der Waals surface area (Å²) in [6.07, 6.45) is 0.435. The van der Waals surface area contributed by atoms with Gasteiger partial charge in [-0.25, -0.2) is 0 Å². The Bertz CT molecular complexity index is 509. The maximum absolute atomic E-state index is 11.2. The number of carboxylic acids is 1. The number of nitrogens with two attached hydrogens (primary N) is 1. The Labute approximate surface area is 122 Å². The molecule has 2 unspecified atom stereocenters. The van der Waals surface area contributed by atoms with E-state index in [1.165, 1.54) is 0 Å². The van der Waals surface area contributed by atoms with Crippen molar-refractivity contribution >= 4 is 29.2 Å². The highest BCUT2D eigenvalue weighted by atomic mass is 35.5. The number of carboxylic acid groups (broad SMARTS) is 1. The number of likely N-dealkylation sites (tertiary alicyclic amines) is 1. The van der Waals surface area contributed by atoms with Gasteiger partial charge < -0.3 is 10.8 Å². The van der Waals surface area contributed by atoms with Crippen LogP contribution in [0.25, 0.3) is 0 Å². The zero-order valence-electron chi connectivity index (χ0n) is 10.6. The number of halogens is 2. The van der Waals surface area contributed by atoms with Gasteiger partial charge in [-0.15, -0.1) is 0 Å². The van der Waals surface area contributed by atoms with Crippen molar-refractivity contribution in [3.63, 3.8) is 0 Å². The molecule has 2 atom stereocenters. The first-order chi connectivity index (χ1) is 8.83. The van der Waals surface area contributed by atoms with Crippen LogP contribution in [0, 0.1) is 0 Å². The molecule has 1 aromatic carbocycles. The van der Waals surface area contributed by atoms with Crippen LogP contribution in [0.15, 0.2) is 18.2 Å². The molecule has 1 aliphatic rings. The Morgan fingerprint density at radius 2 is 2.21 bits per heavy atom. The molecule has 1 saturated heterocycles. The Morgan fingerprint density at radius 3 is 2.79 bits per heavy atom. The normalized spacial score (nSPS) is 25.5. The zero-order valence-corrected chi connectivity index (χ0v) is 12.1. The number of hydrogen-bond donors (Lipinski definition) is 2. The summed E-state index contributed by atoms with van der Waals surface area (Å²) in [6.45, 7) is 2.92. The lowest BCUT2D eigenvalue weighted by molar-refractivity contribution is -0.142. The number of carbonyl (C=O) groups is 1. The van der Waals surface area contributed by atoms with Gasteiger partial charge in [-0.3, -0.25) is 9.69 Å². The van der Waals surface area contributed by atoms with Crippen molar-refractivity contribution in [2.45, 2.75) is 24.9 Å². The summed E-state index contributed by atoms with van der Waals surface area (Å²) in [5.74, 6) is -0.959. The molecule has 0 radical (unpaired) electrons. The van der Waals surface area contributed by atoms with E-state index >= 15 is 0 Å². The van der Waals surface area contributed by atoms with Crippen LogP contribution in [0.5, 0.6) is 0 Å². The minimum absolute atomic E-state index is 0.0176. The molecule has 0 bridgehead atoms. The van der Waals surface area contributed by atoms with Crippen molar-refractivity contribution in [3.8, 4) is 0 Å². The third-order valence-electron chi connectivity index (χ3n) is 3.71. The van der Waals surface area contributed by atoms with Crippen LogP contribution in [-0.2, 0) is 4.79 Å². The Hall–Kier alpha value is -0.810. The summed E-state index contributed by atoms with van der Waals surface area (Å²) in [6, 6.07) is 5.27. The molecule has 0 aliphatic carbocycles. The summed E-state index contributed by atoms with van der Waals surface area (Å²) >= 11 is 12.1. The van der Waals surface area contributed by atoms with Crippen LogP contribution in [0.1, 0.15) is 24.9 Å². The molecule has 4 nitrogen and oxygen atoms in total. The SMILES string of the molecule is CC(c1cc(Cl)ccc1Cl)N1CCC(N)(C(=O)O)C1. The van der Waals surface area contributed by atoms with Crippen molar-refractivity contribution in [1.29, 1.82) is 0 Å². The second kappa shape index (κ2) is 5.29. The molecule has 1 aromatic rings. The van der Waals surface area contributed by atoms with Gasteiger partial charge in [-0.2, -0.15) is 0 Å². The molecule has 3 N–H and O–H groups in total. The highest BCUT2D eigenvalue weighted by molar-refractivity contribution is 6.33. The van der Waals surface area contributed by atoms with Crippen molar-refractivity contribution in [1.82, 2.24) is 4.90 Å². The van der Waals surface area contributed by atoms with E-state index in [0.29, 0.717) is 29.6 Å². The van der Waals surface area contributed by atoms with Crippen molar-refractivity contribution < 1.29 is 9.90 Å². The minimum atomic E-state index is -1.17. The second-order valence-electron chi connectivity index (χ2n) is 5.02. The van der Waals surface area contributed by atoms with E-state index in [-0.39, 0.29) is 6.04 Å². The van der Waals surface area contributed by atoms with Crippen LogP contribution in [0.2, 0.25) is 10.0 Å². The zero-order chi connectivity index (χ0) is 14.2. The second-order valence-corrected chi connectivity index (χ2v) is 5.87. The topological polar surface area (TPSA) is 66.6 Å². The van der Waals surface area contributed by atoms with Gasteiger partial charge >= 0.3 is 5.97 Å². The molecule has 1 heterocycles. The van der Waals surface area contributed by atoms with Crippen LogP contribution in [0.3, 0.4) is 0 Å². The fourth-order valence-electron chi connectivity index (χ4n) is 2.40. The van der Waals surface area contributed by atoms with Gasteiger partial charge in [0.15, 0.2) is 0 Å². The van der Waals surface area contributed by atoms with E-state index in [1.807, 2.05) is 17.9 Å². The van der Waals surface area contributed by atoms with Crippen molar-refractivity contribution in [2.75, 3.05) is 13.1 Å². The highest BCUT2D eigenvalue weighted by Gasteiger charge is 2.42. The van der Waals surface area contributed by atoms with Crippen LogP contribution < -0.4 is 5.73 Å². The fraction of sp³-hybridized carbons (Fsp3) is 0.462. The molecule has 6 heteroatoms. The van der Waals surface area contributed by atoms with Gasteiger partial charge in [0.1, 0.15) is 5.54 Å². The van der Waals surface area contributed by atoms with Gasteiger partial charge in [-0.05, 0) is 37.1 Å². The number of rotatable bonds is 3. The summed E-state index contributed by atoms with van der Waals surface area (Å²) in [5, 5.41) is 10.4.